The second-order valence-corrected chi connectivity index (χ2v) is 7.18. The minimum absolute atomic E-state index is 0.142. The molecule has 2 fully saturated rings. The average Bonchev–Trinajstić information content (AvgIpc) is 3.09. The Kier molecular flexibility index (Phi) is 4.19. The van der Waals surface area contributed by atoms with Gasteiger partial charge in [-0.1, -0.05) is 0 Å². The number of anilines is 1. The quantitative estimate of drug-likeness (QED) is 0.892. The fourth-order valence-electron chi connectivity index (χ4n) is 3.55. The molecule has 0 amide bonds. The summed E-state index contributed by atoms with van der Waals surface area (Å²) in [5.41, 5.74) is 0. The molecule has 0 unspecified atom stereocenters. The van der Waals surface area contributed by atoms with E-state index in [1.807, 2.05) is 6.92 Å². The lowest BCUT2D eigenvalue weighted by atomic mass is 10.2. The van der Waals surface area contributed by atoms with Gasteiger partial charge in [-0.15, -0.1) is 11.3 Å². The predicted molar refractivity (Wildman–Crippen MR) is 91.2 cm³/mol. The van der Waals surface area contributed by atoms with Gasteiger partial charge in [0.2, 0.25) is 0 Å². The molecule has 0 saturated carbocycles. The highest BCUT2D eigenvalue weighted by molar-refractivity contribution is 7.16. The van der Waals surface area contributed by atoms with E-state index in [0.717, 1.165) is 54.5 Å². The lowest BCUT2D eigenvalue weighted by Crippen LogP contribution is -2.44. The van der Waals surface area contributed by atoms with Crippen LogP contribution in [0.25, 0.3) is 10.2 Å². The van der Waals surface area contributed by atoms with Crippen LogP contribution < -0.4 is 4.90 Å². The van der Waals surface area contributed by atoms with E-state index in [2.05, 4.69) is 26.2 Å². The van der Waals surface area contributed by atoms with Crippen LogP contribution in [0.3, 0.4) is 0 Å². The van der Waals surface area contributed by atoms with Crippen molar-refractivity contribution in [1.82, 2.24) is 14.9 Å². The Morgan fingerprint density at radius 2 is 2.13 bits per heavy atom. The minimum atomic E-state index is -0.355. The Labute approximate surface area is 139 Å². The topological polar surface area (TPSA) is 61.7 Å². The molecule has 0 bridgehead atoms. The number of nitrogens with zero attached hydrogens (tertiary/aromatic N) is 4. The van der Waals surface area contributed by atoms with Gasteiger partial charge >= 0.3 is 0 Å². The van der Waals surface area contributed by atoms with Crippen LogP contribution in [0.1, 0.15) is 12.2 Å². The summed E-state index contributed by atoms with van der Waals surface area (Å²) in [5.74, 6) is 1.88. The Bertz CT molecular complexity index is 692. The Hall–Kier alpha value is -1.28. The van der Waals surface area contributed by atoms with Crippen molar-refractivity contribution >= 4 is 27.4 Å². The third-order valence-corrected chi connectivity index (χ3v) is 5.54. The van der Waals surface area contributed by atoms with Gasteiger partial charge in [0.25, 0.3) is 0 Å². The third-order valence-electron chi connectivity index (χ3n) is 4.74. The van der Waals surface area contributed by atoms with Gasteiger partial charge in [0.05, 0.1) is 30.7 Å². The first-order valence-corrected chi connectivity index (χ1v) is 9.07. The molecule has 0 aliphatic carbocycles. The molecule has 0 spiro atoms. The molecule has 4 heterocycles. The van der Waals surface area contributed by atoms with E-state index < -0.39 is 0 Å². The molecule has 1 N–H and O–H groups in total. The summed E-state index contributed by atoms with van der Waals surface area (Å²) in [5, 5.41) is 13.3. The van der Waals surface area contributed by atoms with Gasteiger partial charge in [0.1, 0.15) is 16.5 Å². The molecule has 4 rings (SSSR count). The van der Waals surface area contributed by atoms with Gasteiger partial charge in [-0.2, -0.15) is 0 Å². The molecule has 2 atom stereocenters. The van der Waals surface area contributed by atoms with Gasteiger partial charge in [0.15, 0.2) is 0 Å². The van der Waals surface area contributed by atoms with Crippen LogP contribution in [0, 0.1) is 6.92 Å². The van der Waals surface area contributed by atoms with Crippen molar-refractivity contribution in [3.05, 3.63) is 17.3 Å². The second-order valence-electron chi connectivity index (χ2n) is 6.28. The van der Waals surface area contributed by atoms with E-state index in [-0.39, 0.29) is 12.1 Å². The summed E-state index contributed by atoms with van der Waals surface area (Å²) < 4.78 is 5.41. The van der Waals surface area contributed by atoms with Crippen LogP contribution in [0.5, 0.6) is 0 Å². The normalized spacial score (nSPS) is 26.8. The van der Waals surface area contributed by atoms with Crippen LogP contribution in [0.15, 0.2) is 11.4 Å². The Morgan fingerprint density at radius 3 is 2.96 bits per heavy atom. The Balaban J connectivity index is 1.55. The minimum Gasteiger partial charge on any atom is -0.389 e. The molecular weight excluding hydrogens is 312 g/mol. The number of hydrogen-bond donors (Lipinski definition) is 1. The highest BCUT2D eigenvalue weighted by Gasteiger charge is 2.32. The number of aliphatic hydroxyl groups excluding tert-OH is 1. The van der Waals surface area contributed by atoms with Crippen molar-refractivity contribution in [2.75, 3.05) is 44.3 Å². The summed E-state index contributed by atoms with van der Waals surface area (Å²) in [6.07, 6.45) is 0.712. The van der Waals surface area contributed by atoms with Crippen LogP contribution in [0.2, 0.25) is 0 Å². The summed E-state index contributed by atoms with van der Waals surface area (Å²) >= 11 is 1.67. The van der Waals surface area contributed by atoms with E-state index in [1.165, 1.54) is 0 Å². The summed E-state index contributed by atoms with van der Waals surface area (Å²) in [6, 6.07) is 2.26. The number of aromatic nitrogens is 2. The molecule has 2 aliphatic heterocycles. The highest BCUT2D eigenvalue weighted by atomic mass is 32.1. The van der Waals surface area contributed by atoms with Crippen molar-refractivity contribution in [2.45, 2.75) is 25.5 Å². The first-order valence-electron chi connectivity index (χ1n) is 8.19. The Morgan fingerprint density at radius 1 is 1.22 bits per heavy atom. The molecular formula is C16H22N4O2S. The van der Waals surface area contributed by atoms with Gasteiger partial charge in [0, 0.05) is 26.2 Å². The molecule has 0 aromatic carbocycles. The van der Waals surface area contributed by atoms with Gasteiger partial charge in [-0.3, -0.25) is 4.90 Å². The first-order chi connectivity index (χ1) is 11.2. The third kappa shape index (κ3) is 2.94. The van der Waals surface area contributed by atoms with E-state index in [1.54, 1.807) is 11.3 Å². The maximum atomic E-state index is 10.1. The van der Waals surface area contributed by atoms with Gasteiger partial charge in [-0.25, -0.2) is 9.97 Å². The molecule has 0 radical (unpaired) electrons. The number of thiophene rings is 1. The van der Waals surface area contributed by atoms with Crippen molar-refractivity contribution in [3.63, 3.8) is 0 Å². The largest absolute Gasteiger partial charge is 0.389 e. The molecule has 6 nitrogen and oxygen atoms in total. The lowest BCUT2D eigenvalue weighted by molar-refractivity contribution is 0.0859. The number of aliphatic hydroxyl groups is 1. The number of hydrogen-bond acceptors (Lipinski definition) is 7. The molecule has 124 valence electrons. The molecule has 2 aliphatic rings. The number of ether oxygens (including phenoxy) is 1. The fraction of sp³-hybridized carbons (Fsp3) is 0.625. The predicted octanol–water partition coefficient (Wildman–Crippen LogP) is 1.27. The van der Waals surface area contributed by atoms with Crippen LogP contribution in [-0.2, 0) is 4.74 Å². The molecule has 23 heavy (non-hydrogen) atoms. The van der Waals surface area contributed by atoms with Crippen LogP contribution in [0.4, 0.5) is 5.82 Å². The van der Waals surface area contributed by atoms with Crippen molar-refractivity contribution in [1.29, 1.82) is 0 Å². The van der Waals surface area contributed by atoms with E-state index in [9.17, 15) is 5.11 Å². The van der Waals surface area contributed by atoms with Gasteiger partial charge < -0.3 is 14.7 Å². The average molecular weight is 334 g/mol. The summed E-state index contributed by atoms with van der Waals surface area (Å²) in [4.78, 5) is 15.0. The highest BCUT2D eigenvalue weighted by Crippen LogP contribution is 2.28. The smallest absolute Gasteiger partial charge is 0.141 e. The fourth-order valence-corrected chi connectivity index (χ4v) is 4.35. The van der Waals surface area contributed by atoms with E-state index >= 15 is 0 Å². The lowest BCUT2D eigenvalue weighted by Gasteiger charge is -2.28. The number of fused-ring (bicyclic) bond motifs is 1. The monoisotopic (exact) mass is 334 g/mol. The van der Waals surface area contributed by atoms with Crippen molar-refractivity contribution in [2.24, 2.45) is 0 Å². The second kappa shape index (κ2) is 6.32. The van der Waals surface area contributed by atoms with Crippen molar-refractivity contribution in [3.8, 4) is 0 Å². The molecule has 2 aromatic heterocycles. The summed E-state index contributed by atoms with van der Waals surface area (Å²) in [6.45, 7) is 6.90. The zero-order valence-corrected chi connectivity index (χ0v) is 14.1. The molecule has 2 saturated heterocycles. The summed E-state index contributed by atoms with van der Waals surface area (Å²) in [7, 11) is 0. The van der Waals surface area contributed by atoms with E-state index in [0.29, 0.717) is 13.2 Å². The van der Waals surface area contributed by atoms with Crippen molar-refractivity contribution < 1.29 is 9.84 Å². The maximum Gasteiger partial charge on any atom is 0.141 e. The molecule has 2 aromatic rings. The zero-order chi connectivity index (χ0) is 15.8. The number of rotatable bonds is 2. The zero-order valence-electron chi connectivity index (χ0n) is 13.3. The SMILES string of the molecule is Cc1nc(N2CCCN([C@H]3COC[C@@H]3O)CC2)c2ccsc2n1. The van der Waals surface area contributed by atoms with E-state index in [4.69, 9.17) is 9.72 Å². The number of aryl methyl sites for hydroxylation is 1. The van der Waals surface area contributed by atoms with Crippen LogP contribution >= 0.6 is 11.3 Å². The molecule has 7 heteroatoms. The first kappa shape index (κ1) is 15.3. The van der Waals surface area contributed by atoms with Gasteiger partial charge in [-0.05, 0) is 24.8 Å². The van der Waals surface area contributed by atoms with Crippen LogP contribution in [-0.4, -0.2) is 71.5 Å². The standard InChI is InChI=1S/C16H22N4O2S/c1-11-17-15(12-3-8-23-16(12)18-11)20-5-2-4-19(6-7-20)13-9-22-10-14(13)21/h3,8,13-14,21H,2,4-7,9-10H2,1H3/t13-,14-/m0/s1. The maximum absolute atomic E-state index is 10.1.